The maximum absolute atomic E-state index is 12.1. The summed E-state index contributed by atoms with van der Waals surface area (Å²) in [7, 11) is 1.14. The van der Waals surface area contributed by atoms with Crippen molar-refractivity contribution >= 4 is 25.4 Å². The van der Waals surface area contributed by atoms with Gasteiger partial charge in [0.1, 0.15) is 5.60 Å². The first-order valence-corrected chi connectivity index (χ1v) is 9.68. The van der Waals surface area contributed by atoms with Gasteiger partial charge in [-0.3, -0.25) is 4.99 Å². The van der Waals surface area contributed by atoms with E-state index < -0.39 is 34.4 Å². The number of ether oxygens (including phenoxy) is 1. The quantitative estimate of drug-likeness (QED) is 0.369. The summed E-state index contributed by atoms with van der Waals surface area (Å²) in [5, 5.41) is 12.2. The molecule has 1 heterocycles. The molecule has 0 saturated carbocycles. The third kappa shape index (κ3) is 6.48. The summed E-state index contributed by atoms with van der Waals surface area (Å²) in [4.78, 5) is 27.9. The minimum absolute atomic E-state index is 0.179. The van der Waals surface area contributed by atoms with Gasteiger partial charge in [-0.25, -0.2) is 9.59 Å². The molecule has 1 aliphatic heterocycles. The molecule has 0 aliphatic carbocycles. The molecule has 1 atom stereocenters. The monoisotopic (exact) mass is 398 g/mol. The number of aliphatic carboxylic acids is 1. The molecule has 1 aliphatic rings. The van der Waals surface area contributed by atoms with Crippen LogP contribution in [0.3, 0.4) is 0 Å². The number of aliphatic imine (C=N–C) groups is 1. The van der Waals surface area contributed by atoms with E-state index in [9.17, 15) is 14.7 Å². The zero-order chi connectivity index (χ0) is 21.8. The molecule has 0 bridgehead atoms. The molecule has 0 aromatic rings. The van der Waals surface area contributed by atoms with Crippen molar-refractivity contribution in [3.8, 4) is 0 Å². The topological polar surface area (TPSA) is 106 Å². The Balaban J connectivity index is 2.68. The molecular weight excluding hydrogens is 363 g/mol. The van der Waals surface area contributed by atoms with Gasteiger partial charge in [0, 0.05) is 13.3 Å². The molecule has 0 aromatic carbocycles. The summed E-state index contributed by atoms with van der Waals surface area (Å²) in [6, 6.07) is 0. The van der Waals surface area contributed by atoms with Crippen LogP contribution in [0.25, 0.3) is 0 Å². The van der Waals surface area contributed by atoms with Crippen molar-refractivity contribution in [2.75, 3.05) is 7.05 Å². The summed E-state index contributed by atoms with van der Waals surface area (Å²) < 4.78 is 17.1. The fraction of sp³-hybridized carbons (Fsp3) is 0.842. The van der Waals surface area contributed by atoms with Gasteiger partial charge in [0.15, 0.2) is 5.54 Å². The Kier molecular flexibility index (Phi) is 7.70. The zero-order valence-electron chi connectivity index (χ0n) is 18.4. The Morgan fingerprint density at radius 3 is 2.11 bits per heavy atom. The third-order valence-electron chi connectivity index (χ3n) is 5.02. The van der Waals surface area contributed by atoms with Crippen molar-refractivity contribution in [2.24, 2.45) is 4.99 Å². The number of amides is 1. The highest BCUT2D eigenvalue weighted by Crippen LogP contribution is 2.38. The Bertz CT molecular complexity index is 584. The van der Waals surface area contributed by atoms with Crippen molar-refractivity contribution < 1.29 is 28.7 Å². The molecule has 0 radical (unpaired) electrons. The average Bonchev–Trinajstić information content (AvgIpc) is 2.69. The van der Waals surface area contributed by atoms with E-state index in [1.165, 1.54) is 13.3 Å². The Labute approximate surface area is 168 Å². The van der Waals surface area contributed by atoms with Crippen LogP contribution in [-0.2, 0) is 18.8 Å². The maximum atomic E-state index is 12.1. The number of carbonyl (C=O) groups is 2. The zero-order valence-corrected chi connectivity index (χ0v) is 18.4. The number of carboxylic acids is 1. The van der Waals surface area contributed by atoms with Crippen LogP contribution in [0.4, 0.5) is 4.79 Å². The number of alkyl carbamates (subject to hydrolysis) is 1. The van der Waals surface area contributed by atoms with Gasteiger partial charge in [0.2, 0.25) is 0 Å². The molecule has 1 saturated heterocycles. The van der Waals surface area contributed by atoms with Gasteiger partial charge >= 0.3 is 19.2 Å². The second-order valence-corrected chi connectivity index (χ2v) is 9.22. The first-order valence-electron chi connectivity index (χ1n) is 9.68. The molecule has 160 valence electrons. The second-order valence-electron chi connectivity index (χ2n) is 9.22. The molecule has 1 amide bonds. The van der Waals surface area contributed by atoms with Gasteiger partial charge in [0.05, 0.1) is 11.2 Å². The lowest BCUT2D eigenvalue weighted by molar-refractivity contribution is -0.142. The van der Waals surface area contributed by atoms with Crippen LogP contribution in [0.2, 0.25) is 6.32 Å². The first-order chi connectivity index (χ1) is 12.6. The number of unbranched alkanes of at least 4 members (excludes halogenated alkanes) is 1. The number of carbonyl (C=O) groups excluding carboxylic acids is 1. The lowest BCUT2D eigenvalue weighted by atomic mass is 9.81. The number of hydrogen-bond donors (Lipinski definition) is 2. The van der Waals surface area contributed by atoms with Crippen LogP contribution in [0.15, 0.2) is 4.99 Å². The van der Waals surface area contributed by atoms with Crippen LogP contribution in [0.5, 0.6) is 0 Å². The summed E-state index contributed by atoms with van der Waals surface area (Å²) in [6.07, 6.45) is 2.49. The number of hydrogen-bond acceptors (Lipinski definition) is 6. The SMILES string of the molecule is CN=CC(CCCCB1OC(C)(C)C(C)(C)O1)(NC(=O)OC(C)(C)C)C(=O)O. The minimum Gasteiger partial charge on any atom is -0.479 e. The van der Waals surface area contributed by atoms with Gasteiger partial charge in [-0.2, -0.15) is 0 Å². The predicted octanol–water partition coefficient (Wildman–Crippen LogP) is 3.30. The third-order valence-corrected chi connectivity index (χ3v) is 5.02. The van der Waals surface area contributed by atoms with Crippen molar-refractivity contribution in [1.29, 1.82) is 0 Å². The standard InChI is InChI=1S/C19H35BN2O6/c1-16(2,3)26-15(25)22-19(13-21-8,14(23)24)11-9-10-12-20-27-17(4,5)18(6,7)28-20/h13H,9-12H2,1-8H3,(H,22,25)(H,23,24). The number of nitrogens with one attached hydrogen (secondary N) is 1. The first kappa shape index (κ1) is 24.4. The fourth-order valence-corrected chi connectivity index (χ4v) is 2.88. The smallest absolute Gasteiger partial charge is 0.457 e. The number of rotatable bonds is 8. The molecule has 0 aromatic heterocycles. The number of nitrogens with zero attached hydrogens (tertiary/aromatic N) is 1. The van der Waals surface area contributed by atoms with E-state index in [1.807, 2.05) is 27.7 Å². The van der Waals surface area contributed by atoms with Crippen LogP contribution in [-0.4, -0.2) is 59.9 Å². The molecule has 0 spiro atoms. The van der Waals surface area contributed by atoms with Crippen LogP contribution in [0, 0.1) is 0 Å². The van der Waals surface area contributed by atoms with Crippen molar-refractivity contribution in [3.63, 3.8) is 0 Å². The maximum Gasteiger partial charge on any atom is 0.457 e. The predicted molar refractivity (Wildman–Crippen MR) is 109 cm³/mol. The van der Waals surface area contributed by atoms with Crippen molar-refractivity contribution in [2.45, 2.75) is 96.4 Å². The summed E-state index contributed by atoms with van der Waals surface area (Å²) in [6.45, 7) is 13.1. The minimum atomic E-state index is -1.62. The van der Waals surface area contributed by atoms with Gasteiger partial charge < -0.3 is 24.5 Å². The number of carboxylic acid groups (broad SMARTS) is 1. The van der Waals surface area contributed by atoms with Crippen molar-refractivity contribution in [1.82, 2.24) is 5.32 Å². The van der Waals surface area contributed by atoms with Crippen LogP contribution < -0.4 is 5.32 Å². The second kappa shape index (κ2) is 8.82. The fourth-order valence-electron chi connectivity index (χ4n) is 2.88. The molecule has 2 N–H and O–H groups in total. The summed E-state index contributed by atoms with van der Waals surface area (Å²) in [5.41, 5.74) is -3.13. The largest absolute Gasteiger partial charge is 0.479 e. The summed E-state index contributed by atoms with van der Waals surface area (Å²) in [5.74, 6) is -1.18. The highest BCUT2D eigenvalue weighted by molar-refractivity contribution is 6.45. The average molecular weight is 398 g/mol. The molecule has 1 rings (SSSR count). The molecule has 1 fully saturated rings. The summed E-state index contributed by atoms with van der Waals surface area (Å²) >= 11 is 0. The van der Waals surface area contributed by atoms with E-state index in [4.69, 9.17) is 14.0 Å². The van der Waals surface area contributed by atoms with Gasteiger partial charge in [0.25, 0.3) is 0 Å². The van der Waals surface area contributed by atoms with Gasteiger partial charge in [-0.1, -0.05) is 12.8 Å². The van der Waals surface area contributed by atoms with E-state index in [0.29, 0.717) is 19.2 Å². The van der Waals surface area contributed by atoms with E-state index in [0.717, 1.165) is 0 Å². The van der Waals surface area contributed by atoms with Crippen LogP contribution >= 0.6 is 0 Å². The van der Waals surface area contributed by atoms with Gasteiger partial charge in [-0.05, 0) is 61.2 Å². The molecule has 8 nitrogen and oxygen atoms in total. The molecule has 1 unspecified atom stereocenters. The van der Waals surface area contributed by atoms with Crippen LogP contribution in [0.1, 0.15) is 67.7 Å². The Hall–Kier alpha value is -1.61. The lowest BCUT2D eigenvalue weighted by Gasteiger charge is -2.32. The van der Waals surface area contributed by atoms with E-state index >= 15 is 0 Å². The van der Waals surface area contributed by atoms with E-state index in [1.54, 1.807) is 20.8 Å². The Morgan fingerprint density at radius 2 is 1.68 bits per heavy atom. The molecule has 28 heavy (non-hydrogen) atoms. The van der Waals surface area contributed by atoms with Crippen molar-refractivity contribution in [3.05, 3.63) is 0 Å². The highest BCUT2D eigenvalue weighted by atomic mass is 16.7. The van der Waals surface area contributed by atoms with Gasteiger partial charge in [-0.15, -0.1) is 0 Å². The Morgan fingerprint density at radius 1 is 1.14 bits per heavy atom. The van der Waals surface area contributed by atoms with E-state index in [-0.39, 0.29) is 13.5 Å². The normalized spacial score (nSPS) is 20.8. The highest BCUT2D eigenvalue weighted by Gasteiger charge is 2.50. The molecular formula is C19H35BN2O6. The molecule has 9 heteroatoms. The lowest BCUT2D eigenvalue weighted by Crippen LogP contribution is -2.57. The van der Waals surface area contributed by atoms with E-state index in [2.05, 4.69) is 10.3 Å².